The van der Waals surface area contributed by atoms with Gasteiger partial charge < -0.3 is 10.1 Å². The second-order valence-electron chi connectivity index (χ2n) is 7.70. The molecule has 11 nitrogen and oxygen atoms in total. The molecule has 15 heteroatoms. The predicted molar refractivity (Wildman–Crippen MR) is 141 cm³/mol. The normalized spacial score (nSPS) is 15.6. The zero-order valence-electron chi connectivity index (χ0n) is 19.6. The van der Waals surface area contributed by atoms with Gasteiger partial charge in [-0.3, -0.25) is 15.1 Å². The molecular weight excluding hydrogens is 605 g/mol. The van der Waals surface area contributed by atoms with Gasteiger partial charge in [0.1, 0.15) is 11.9 Å². The van der Waals surface area contributed by atoms with Gasteiger partial charge in [0.25, 0.3) is 5.69 Å². The number of sulfonamides is 1. The summed E-state index contributed by atoms with van der Waals surface area (Å²) in [6.45, 7) is 1.29. The molecule has 1 atom stereocenters. The SMILES string of the molecule is CCOC(=O)C1=C(CNS(=O)(=O)c2ccc([N+](=O)[O-])cc2)NC(c2nccs2)=NC1c1ccc(F)cc1Br. The van der Waals surface area contributed by atoms with Crippen molar-refractivity contribution in [2.75, 3.05) is 13.2 Å². The molecular formula is C23H19BrFN5O6S2. The first-order chi connectivity index (χ1) is 18.1. The topological polar surface area (TPSA) is 153 Å². The van der Waals surface area contributed by atoms with Gasteiger partial charge in [0.2, 0.25) is 10.0 Å². The van der Waals surface area contributed by atoms with E-state index in [0.717, 1.165) is 24.3 Å². The Labute approximate surface area is 228 Å². The van der Waals surface area contributed by atoms with E-state index >= 15 is 0 Å². The maximum Gasteiger partial charge on any atom is 0.338 e. The van der Waals surface area contributed by atoms with Crippen LogP contribution in [-0.4, -0.2) is 43.3 Å². The van der Waals surface area contributed by atoms with Crippen LogP contribution >= 0.6 is 27.3 Å². The van der Waals surface area contributed by atoms with E-state index in [2.05, 4.69) is 35.9 Å². The van der Waals surface area contributed by atoms with E-state index in [1.54, 1.807) is 18.5 Å². The lowest BCUT2D eigenvalue weighted by molar-refractivity contribution is -0.384. The van der Waals surface area contributed by atoms with Gasteiger partial charge in [0.05, 0.1) is 28.5 Å². The van der Waals surface area contributed by atoms with Gasteiger partial charge >= 0.3 is 5.97 Å². The lowest BCUT2D eigenvalue weighted by atomic mass is 9.95. The number of amidine groups is 1. The maximum absolute atomic E-state index is 13.8. The van der Waals surface area contributed by atoms with Gasteiger partial charge in [-0.05, 0) is 36.8 Å². The number of nitro benzene ring substituents is 1. The van der Waals surface area contributed by atoms with E-state index in [4.69, 9.17) is 4.74 Å². The van der Waals surface area contributed by atoms with Crippen molar-refractivity contribution in [1.82, 2.24) is 15.0 Å². The van der Waals surface area contributed by atoms with E-state index in [-0.39, 0.29) is 40.8 Å². The molecule has 0 amide bonds. The van der Waals surface area contributed by atoms with Crippen LogP contribution in [0.1, 0.15) is 23.5 Å². The molecule has 1 unspecified atom stereocenters. The summed E-state index contributed by atoms with van der Waals surface area (Å²) in [7, 11) is -4.14. The molecule has 0 fully saturated rings. The number of carbonyl (C=O) groups is 1. The third kappa shape index (κ3) is 5.96. The largest absolute Gasteiger partial charge is 0.463 e. The van der Waals surface area contributed by atoms with Crippen LogP contribution in [0.3, 0.4) is 0 Å². The van der Waals surface area contributed by atoms with Gasteiger partial charge in [-0.15, -0.1) is 11.3 Å². The summed E-state index contributed by atoms with van der Waals surface area (Å²) < 4.78 is 47.8. The Bertz CT molecular complexity index is 1540. The number of nitro groups is 1. The molecule has 0 radical (unpaired) electrons. The summed E-state index contributed by atoms with van der Waals surface area (Å²) in [6, 6.07) is 7.31. The number of non-ortho nitro benzene ring substituents is 1. The molecule has 0 saturated heterocycles. The highest BCUT2D eigenvalue weighted by Crippen LogP contribution is 2.36. The molecule has 38 heavy (non-hydrogen) atoms. The summed E-state index contributed by atoms with van der Waals surface area (Å²) in [4.78, 5) is 32.1. The highest BCUT2D eigenvalue weighted by Gasteiger charge is 2.34. The van der Waals surface area contributed by atoms with Crippen LogP contribution in [0.25, 0.3) is 0 Å². The second-order valence-corrected chi connectivity index (χ2v) is 11.2. The van der Waals surface area contributed by atoms with E-state index in [1.807, 2.05) is 0 Å². The quantitative estimate of drug-likeness (QED) is 0.207. The summed E-state index contributed by atoms with van der Waals surface area (Å²) in [5.74, 6) is -0.970. The fraction of sp³-hybridized carbons (Fsp3) is 0.174. The average Bonchev–Trinajstić information content (AvgIpc) is 3.42. The standard InChI is InChI=1S/C23H19BrFN5O6S2/c1-2-36-23(31)19-18(12-27-38(34,35)15-6-4-14(5-7-15)30(32)33)28-21(22-26-9-10-37-22)29-20(19)16-8-3-13(25)11-17(16)24/h3-11,20,27H,2,12H2,1H3,(H,28,29). The Balaban J connectivity index is 1.76. The Hall–Kier alpha value is -3.53. The van der Waals surface area contributed by atoms with Gasteiger partial charge in [0.15, 0.2) is 10.8 Å². The number of thiazole rings is 1. The number of nitrogens with one attached hydrogen (secondary N) is 2. The van der Waals surface area contributed by atoms with Crippen molar-refractivity contribution >= 4 is 54.8 Å². The highest BCUT2D eigenvalue weighted by molar-refractivity contribution is 9.10. The predicted octanol–water partition coefficient (Wildman–Crippen LogP) is 3.84. The van der Waals surface area contributed by atoms with Gasteiger partial charge in [-0.2, -0.15) is 0 Å². The molecule has 198 valence electrons. The first-order valence-electron chi connectivity index (χ1n) is 10.9. The molecule has 1 aromatic heterocycles. The van der Waals surface area contributed by atoms with Crippen molar-refractivity contribution in [3.8, 4) is 0 Å². The minimum absolute atomic E-state index is 0.0193. The third-order valence-corrected chi connectivity index (χ3v) is 8.19. The number of halogens is 2. The minimum Gasteiger partial charge on any atom is -0.463 e. The van der Waals surface area contributed by atoms with E-state index in [1.165, 1.54) is 29.5 Å². The van der Waals surface area contributed by atoms with Crippen LogP contribution in [0.5, 0.6) is 0 Å². The molecule has 0 bridgehead atoms. The summed E-state index contributed by atoms with van der Waals surface area (Å²) in [6.07, 6.45) is 1.56. The molecule has 0 spiro atoms. The average molecular weight is 624 g/mol. The fourth-order valence-corrected chi connectivity index (χ4v) is 5.73. The van der Waals surface area contributed by atoms with Crippen molar-refractivity contribution in [2.24, 2.45) is 4.99 Å². The van der Waals surface area contributed by atoms with E-state index in [9.17, 15) is 27.7 Å². The van der Waals surface area contributed by atoms with Crippen molar-refractivity contribution in [1.29, 1.82) is 0 Å². The number of ether oxygens (including phenoxy) is 1. The van der Waals surface area contributed by atoms with Gasteiger partial charge in [-0.1, -0.05) is 22.0 Å². The van der Waals surface area contributed by atoms with Crippen molar-refractivity contribution in [3.63, 3.8) is 0 Å². The number of benzene rings is 2. The van der Waals surface area contributed by atoms with E-state index in [0.29, 0.717) is 15.0 Å². The van der Waals surface area contributed by atoms with Crippen LogP contribution < -0.4 is 10.0 Å². The number of rotatable bonds is 9. The summed E-state index contributed by atoms with van der Waals surface area (Å²) in [5, 5.41) is 16.1. The molecule has 4 rings (SSSR count). The lowest BCUT2D eigenvalue weighted by Gasteiger charge is -2.27. The van der Waals surface area contributed by atoms with Gasteiger partial charge in [-0.25, -0.2) is 27.3 Å². The first kappa shape index (κ1) is 27.5. The molecule has 2 N–H and O–H groups in total. The monoisotopic (exact) mass is 623 g/mol. The lowest BCUT2D eigenvalue weighted by Crippen LogP contribution is -2.39. The number of hydrogen-bond donors (Lipinski definition) is 2. The van der Waals surface area contributed by atoms with Crippen molar-refractivity contribution in [2.45, 2.75) is 17.9 Å². The zero-order valence-corrected chi connectivity index (χ0v) is 22.8. The third-order valence-electron chi connectivity index (χ3n) is 5.31. The molecule has 0 saturated carbocycles. The zero-order chi connectivity index (χ0) is 27.4. The molecule has 2 aromatic carbocycles. The number of nitrogens with zero attached hydrogens (tertiary/aromatic N) is 3. The fourth-order valence-electron chi connectivity index (χ4n) is 3.58. The van der Waals surface area contributed by atoms with E-state index < -0.39 is 32.8 Å². The molecule has 1 aliphatic rings. The molecule has 1 aliphatic heterocycles. The molecule has 2 heterocycles. The smallest absolute Gasteiger partial charge is 0.338 e. The highest BCUT2D eigenvalue weighted by atomic mass is 79.9. The number of hydrogen-bond acceptors (Lipinski definition) is 10. The van der Waals surface area contributed by atoms with Gasteiger partial charge in [0, 0.05) is 33.9 Å². The van der Waals surface area contributed by atoms with Crippen LogP contribution in [0, 0.1) is 15.9 Å². The molecule has 3 aromatic rings. The Morgan fingerprint density at radius 2 is 2.03 bits per heavy atom. The number of aromatic nitrogens is 1. The Kier molecular flexibility index (Phi) is 8.30. The Morgan fingerprint density at radius 3 is 2.63 bits per heavy atom. The minimum atomic E-state index is -4.14. The summed E-state index contributed by atoms with van der Waals surface area (Å²) in [5.41, 5.74) is 0.351. The number of carbonyl (C=O) groups excluding carboxylic acids is 1. The van der Waals surface area contributed by atoms with Crippen LogP contribution in [0.4, 0.5) is 10.1 Å². The van der Waals surface area contributed by atoms with Crippen LogP contribution in [-0.2, 0) is 19.6 Å². The van der Waals surface area contributed by atoms with Crippen LogP contribution in [0.15, 0.2) is 79.7 Å². The van der Waals surface area contributed by atoms with Crippen LogP contribution in [0.2, 0.25) is 0 Å². The Morgan fingerprint density at radius 1 is 1.29 bits per heavy atom. The number of aliphatic imine (C=N–C) groups is 1. The first-order valence-corrected chi connectivity index (χ1v) is 14.1. The van der Waals surface area contributed by atoms with Crippen molar-refractivity contribution < 1.29 is 27.3 Å². The second kappa shape index (κ2) is 11.5. The summed E-state index contributed by atoms with van der Waals surface area (Å²) >= 11 is 4.60. The molecule has 0 aliphatic carbocycles. The van der Waals surface area contributed by atoms with Crippen molar-refractivity contribution in [3.05, 3.63) is 96.3 Å². The maximum atomic E-state index is 13.8. The number of esters is 1.